The van der Waals surface area contributed by atoms with Gasteiger partial charge in [-0.2, -0.15) is 0 Å². The fourth-order valence-electron chi connectivity index (χ4n) is 5.02. The van der Waals surface area contributed by atoms with E-state index in [2.05, 4.69) is 10.2 Å². The third-order valence-electron chi connectivity index (χ3n) is 6.51. The summed E-state index contributed by atoms with van der Waals surface area (Å²) in [5.41, 5.74) is 0.517. The molecule has 2 saturated heterocycles. The Balaban J connectivity index is 1.65. The van der Waals surface area contributed by atoms with E-state index in [-0.39, 0.29) is 12.2 Å². The fourth-order valence-corrected chi connectivity index (χ4v) is 5.02. The maximum Gasteiger partial charge on any atom is 0.330 e. The molecule has 4 amide bonds. The van der Waals surface area contributed by atoms with Crippen LogP contribution in [0.5, 0.6) is 0 Å². The monoisotopic (exact) mass is 408 g/mol. The van der Waals surface area contributed by atoms with E-state index in [0.29, 0.717) is 30.9 Å². The summed E-state index contributed by atoms with van der Waals surface area (Å²) < 4.78 is 14.8. The van der Waals surface area contributed by atoms with Crippen LogP contribution in [0.15, 0.2) is 48.5 Å². The van der Waals surface area contributed by atoms with Crippen LogP contribution in [0, 0.1) is 11.2 Å². The van der Waals surface area contributed by atoms with Crippen molar-refractivity contribution in [2.45, 2.75) is 12.5 Å². The van der Waals surface area contributed by atoms with Gasteiger partial charge in [0.05, 0.1) is 11.7 Å². The molecule has 2 fully saturated rings. The summed E-state index contributed by atoms with van der Waals surface area (Å²) in [6, 6.07) is 13.1. The molecule has 5 rings (SSSR count). The number of amides is 4. The van der Waals surface area contributed by atoms with Gasteiger partial charge in [0.15, 0.2) is 5.41 Å². The lowest BCUT2D eigenvalue weighted by Crippen LogP contribution is -2.74. The number of anilines is 2. The SMILES string of the molecule is CN1C(=O)NC(=O)[C@@]2(Cc3cccc(F)c3N3CCN(c4ccccc4)C[C@@H]32)C1=O. The minimum absolute atomic E-state index is 0.0478. The maximum atomic E-state index is 14.8. The molecule has 30 heavy (non-hydrogen) atoms. The van der Waals surface area contributed by atoms with Crippen LogP contribution in [0.2, 0.25) is 0 Å². The average Bonchev–Trinajstić information content (AvgIpc) is 2.76. The van der Waals surface area contributed by atoms with Crippen molar-refractivity contribution in [2.24, 2.45) is 5.41 Å². The summed E-state index contributed by atoms with van der Waals surface area (Å²) in [5, 5.41) is 2.34. The summed E-state index contributed by atoms with van der Waals surface area (Å²) in [7, 11) is 1.37. The zero-order chi connectivity index (χ0) is 21.0. The zero-order valence-corrected chi connectivity index (χ0v) is 16.5. The van der Waals surface area contributed by atoms with Gasteiger partial charge in [-0.3, -0.25) is 19.8 Å². The molecule has 3 heterocycles. The predicted octanol–water partition coefficient (Wildman–Crippen LogP) is 1.77. The molecular formula is C22H21FN4O3. The number of para-hydroxylation sites is 2. The Kier molecular flexibility index (Phi) is 4.06. The first-order valence-corrected chi connectivity index (χ1v) is 9.91. The van der Waals surface area contributed by atoms with Crippen LogP contribution < -0.4 is 15.1 Å². The minimum atomic E-state index is -1.50. The van der Waals surface area contributed by atoms with Crippen LogP contribution in [0.3, 0.4) is 0 Å². The molecule has 0 bridgehead atoms. The van der Waals surface area contributed by atoms with Crippen molar-refractivity contribution in [3.05, 3.63) is 59.9 Å². The molecule has 0 saturated carbocycles. The number of urea groups is 1. The molecule has 1 N–H and O–H groups in total. The number of barbiturate groups is 1. The summed E-state index contributed by atoms with van der Waals surface area (Å²) in [6.45, 7) is 1.43. The number of nitrogens with zero attached hydrogens (tertiary/aromatic N) is 3. The standard InChI is InChI=1S/C22H21FN4O3/c1-25-20(29)22(19(28)24-21(25)30)12-14-6-5-9-16(23)18(14)27-11-10-26(13-17(22)27)15-7-3-2-4-8-15/h2-9,17H,10-13H2,1H3,(H,24,28,30)/t17-,22+/m1/s1. The van der Waals surface area contributed by atoms with E-state index in [0.717, 1.165) is 10.6 Å². The fraction of sp³-hybridized carbons (Fsp3) is 0.318. The highest BCUT2D eigenvalue weighted by atomic mass is 19.1. The van der Waals surface area contributed by atoms with Crippen LogP contribution in [-0.4, -0.2) is 55.5 Å². The van der Waals surface area contributed by atoms with Crippen molar-refractivity contribution in [2.75, 3.05) is 36.5 Å². The second kappa shape index (κ2) is 6.55. The van der Waals surface area contributed by atoms with E-state index in [4.69, 9.17) is 0 Å². The smallest absolute Gasteiger partial charge is 0.330 e. The molecule has 7 nitrogen and oxygen atoms in total. The van der Waals surface area contributed by atoms with Gasteiger partial charge in [-0.15, -0.1) is 0 Å². The van der Waals surface area contributed by atoms with Crippen molar-refractivity contribution in [3.63, 3.8) is 0 Å². The first-order chi connectivity index (χ1) is 14.4. The Morgan fingerprint density at radius 2 is 1.80 bits per heavy atom. The van der Waals surface area contributed by atoms with Crippen molar-refractivity contribution < 1.29 is 18.8 Å². The van der Waals surface area contributed by atoms with Crippen LogP contribution in [-0.2, 0) is 16.0 Å². The second-order valence-electron chi connectivity index (χ2n) is 8.01. The number of carbonyl (C=O) groups excluding carboxylic acids is 3. The van der Waals surface area contributed by atoms with Crippen LogP contribution >= 0.6 is 0 Å². The number of hydrogen-bond donors (Lipinski definition) is 1. The molecule has 154 valence electrons. The second-order valence-corrected chi connectivity index (χ2v) is 8.01. The Labute approximate surface area is 173 Å². The molecule has 0 aromatic heterocycles. The van der Waals surface area contributed by atoms with Crippen molar-refractivity contribution in [1.29, 1.82) is 0 Å². The molecule has 2 aromatic rings. The number of carbonyl (C=O) groups is 3. The molecule has 8 heteroatoms. The van der Waals surface area contributed by atoms with E-state index >= 15 is 0 Å². The highest BCUT2D eigenvalue weighted by Gasteiger charge is 2.62. The number of nitrogens with one attached hydrogen (secondary N) is 1. The van der Waals surface area contributed by atoms with Crippen molar-refractivity contribution in [1.82, 2.24) is 10.2 Å². The highest BCUT2D eigenvalue weighted by molar-refractivity contribution is 6.20. The zero-order valence-electron chi connectivity index (χ0n) is 16.5. The van der Waals surface area contributed by atoms with Crippen molar-refractivity contribution >= 4 is 29.2 Å². The lowest BCUT2D eigenvalue weighted by molar-refractivity contribution is -0.152. The van der Waals surface area contributed by atoms with Gasteiger partial charge in [-0.1, -0.05) is 30.3 Å². The molecule has 1 spiro atoms. The van der Waals surface area contributed by atoms with E-state index in [1.54, 1.807) is 12.1 Å². The average molecular weight is 408 g/mol. The van der Waals surface area contributed by atoms with Gasteiger partial charge in [0.2, 0.25) is 11.8 Å². The first-order valence-electron chi connectivity index (χ1n) is 9.91. The summed E-state index contributed by atoms with van der Waals surface area (Å²) >= 11 is 0. The molecule has 3 aliphatic rings. The lowest BCUT2D eigenvalue weighted by atomic mass is 9.67. The Bertz CT molecular complexity index is 1060. The van der Waals surface area contributed by atoms with E-state index in [9.17, 15) is 18.8 Å². The van der Waals surface area contributed by atoms with Crippen molar-refractivity contribution in [3.8, 4) is 0 Å². The van der Waals surface area contributed by atoms with Gasteiger partial charge in [0, 0.05) is 32.4 Å². The number of piperazine rings is 1. The van der Waals surface area contributed by atoms with Crippen LogP contribution in [0.1, 0.15) is 5.56 Å². The van der Waals surface area contributed by atoms with Gasteiger partial charge in [-0.25, -0.2) is 9.18 Å². The third-order valence-corrected chi connectivity index (χ3v) is 6.51. The van der Waals surface area contributed by atoms with Gasteiger partial charge in [0.1, 0.15) is 5.82 Å². The normalized spacial score (nSPS) is 25.9. The minimum Gasteiger partial charge on any atom is -0.368 e. The molecule has 3 aliphatic heterocycles. The predicted molar refractivity (Wildman–Crippen MR) is 109 cm³/mol. The summed E-state index contributed by atoms with van der Waals surface area (Å²) in [6.07, 6.45) is 0.0478. The molecule has 0 radical (unpaired) electrons. The molecule has 2 atom stereocenters. The number of hydrogen-bond acceptors (Lipinski definition) is 5. The lowest BCUT2D eigenvalue weighted by Gasteiger charge is -2.55. The van der Waals surface area contributed by atoms with Gasteiger partial charge >= 0.3 is 6.03 Å². The van der Waals surface area contributed by atoms with E-state index in [1.807, 2.05) is 35.2 Å². The third kappa shape index (κ3) is 2.46. The number of imide groups is 2. The number of benzene rings is 2. The summed E-state index contributed by atoms with van der Waals surface area (Å²) in [4.78, 5) is 43.6. The quantitative estimate of drug-likeness (QED) is 0.729. The Hall–Kier alpha value is -3.42. The number of fused-ring (bicyclic) bond motifs is 4. The van der Waals surface area contributed by atoms with Gasteiger partial charge in [-0.05, 0) is 30.2 Å². The van der Waals surface area contributed by atoms with Crippen LogP contribution in [0.25, 0.3) is 0 Å². The molecule has 0 aliphatic carbocycles. The van der Waals surface area contributed by atoms with Gasteiger partial charge < -0.3 is 9.80 Å². The highest BCUT2D eigenvalue weighted by Crippen LogP contribution is 2.46. The number of halogens is 1. The molecule has 0 unspecified atom stereocenters. The topological polar surface area (TPSA) is 73.0 Å². The Morgan fingerprint density at radius 3 is 2.57 bits per heavy atom. The van der Waals surface area contributed by atoms with E-state index < -0.39 is 29.3 Å². The van der Waals surface area contributed by atoms with E-state index in [1.165, 1.54) is 13.1 Å². The number of rotatable bonds is 1. The Morgan fingerprint density at radius 1 is 1.03 bits per heavy atom. The summed E-state index contributed by atoms with van der Waals surface area (Å²) in [5.74, 6) is -1.53. The first kappa shape index (κ1) is 18.6. The largest absolute Gasteiger partial charge is 0.368 e. The molecule has 2 aromatic carbocycles. The van der Waals surface area contributed by atoms with Crippen LogP contribution in [0.4, 0.5) is 20.6 Å². The molecular weight excluding hydrogens is 387 g/mol. The maximum absolute atomic E-state index is 14.8. The van der Waals surface area contributed by atoms with Gasteiger partial charge in [0.25, 0.3) is 0 Å².